The molecule has 2 aromatic rings. The lowest BCUT2D eigenvalue weighted by molar-refractivity contribution is -0.141. The highest BCUT2D eigenvalue weighted by atomic mass is 16.6. The zero-order chi connectivity index (χ0) is 24.0. The highest BCUT2D eigenvalue weighted by Crippen LogP contribution is 2.45. The molecule has 33 heavy (non-hydrogen) atoms. The van der Waals surface area contributed by atoms with Crippen molar-refractivity contribution in [2.75, 3.05) is 19.5 Å². The lowest BCUT2D eigenvalue weighted by Crippen LogP contribution is -2.36. The number of ether oxygens (including phenoxy) is 1. The van der Waals surface area contributed by atoms with Crippen molar-refractivity contribution in [3.05, 3.63) is 35.7 Å². The first-order valence-electron chi connectivity index (χ1n) is 11.2. The SMILES string of the molecule is COC(=O)CCO/N=C1\c2cc(O)ccc2-c2ncnc(N)c2C1(C)C.NC1CCCCC1. The van der Waals surface area contributed by atoms with E-state index in [2.05, 4.69) is 19.9 Å². The van der Waals surface area contributed by atoms with Gasteiger partial charge in [-0.1, -0.05) is 24.4 Å². The second kappa shape index (κ2) is 10.6. The van der Waals surface area contributed by atoms with Gasteiger partial charge in [0.1, 0.15) is 24.5 Å². The highest BCUT2D eigenvalue weighted by molar-refractivity contribution is 6.15. The van der Waals surface area contributed by atoms with Gasteiger partial charge in [-0.25, -0.2) is 9.97 Å². The molecule has 0 unspecified atom stereocenters. The molecule has 5 N–H and O–H groups in total. The minimum Gasteiger partial charge on any atom is -0.508 e. The molecule has 0 radical (unpaired) electrons. The number of fused-ring (bicyclic) bond motifs is 3. The summed E-state index contributed by atoms with van der Waals surface area (Å²) in [6.07, 6.45) is 8.16. The lowest BCUT2D eigenvalue weighted by Gasteiger charge is -2.34. The predicted octanol–water partition coefficient (Wildman–Crippen LogP) is 3.28. The quantitative estimate of drug-likeness (QED) is 0.362. The number of rotatable bonds is 4. The minimum atomic E-state index is -0.660. The summed E-state index contributed by atoms with van der Waals surface area (Å²) in [7, 11) is 1.32. The third kappa shape index (κ3) is 5.60. The van der Waals surface area contributed by atoms with E-state index in [0.29, 0.717) is 28.8 Å². The summed E-state index contributed by atoms with van der Waals surface area (Å²) in [5, 5.41) is 14.2. The fraction of sp³-hybridized carbons (Fsp3) is 0.500. The molecule has 9 nitrogen and oxygen atoms in total. The van der Waals surface area contributed by atoms with Crippen LogP contribution in [-0.4, -0.2) is 46.5 Å². The molecule has 0 aliphatic heterocycles. The third-order valence-electron chi connectivity index (χ3n) is 6.04. The van der Waals surface area contributed by atoms with Gasteiger partial charge in [0.2, 0.25) is 0 Å². The first-order chi connectivity index (χ1) is 15.8. The number of hydrogen-bond acceptors (Lipinski definition) is 9. The number of phenols is 1. The number of methoxy groups -OCH3 is 1. The maximum absolute atomic E-state index is 11.2. The Morgan fingerprint density at radius 3 is 2.58 bits per heavy atom. The average molecular weight is 456 g/mol. The molecule has 1 fully saturated rings. The zero-order valence-corrected chi connectivity index (χ0v) is 19.5. The molecule has 4 rings (SSSR count). The largest absolute Gasteiger partial charge is 0.508 e. The van der Waals surface area contributed by atoms with E-state index in [1.807, 2.05) is 13.8 Å². The highest BCUT2D eigenvalue weighted by Gasteiger charge is 2.40. The summed E-state index contributed by atoms with van der Waals surface area (Å²) in [4.78, 5) is 25.1. The van der Waals surface area contributed by atoms with E-state index < -0.39 is 5.41 Å². The van der Waals surface area contributed by atoms with Gasteiger partial charge in [0.05, 0.1) is 24.9 Å². The van der Waals surface area contributed by atoms with Crippen molar-refractivity contribution < 1.29 is 19.5 Å². The Bertz CT molecular complexity index is 1020. The molecule has 0 saturated heterocycles. The molecule has 2 aliphatic carbocycles. The second-order valence-corrected chi connectivity index (χ2v) is 8.83. The fourth-order valence-electron chi connectivity index (χ4n) is 4.25. The number of carbonyl (C=O) groups excluding carboxylic acids is 1. The molecule has 0 atom stereocenters. The van der Waals surface area contributed by atoms with Crippen molar-refractivity contribution in [1.29, 1.82) is 0 Å². The molecule has 2 aliphatic rings. The number of aromatic nitrogens is 2. The number of nitrogen functional groups attached to an aromatic ring is 1. The van der Waals surface area contributed by atoms with Gasteiger partial charge in [0.15, 0.2) is 0 Å². The van der Waals surface area contributed by atoms with E-state index in [1.54, 1.807) is 18.2 Å². The van der Waals surface area contributed by atoms with E-state index in [1.165, 1.54) is 45.5 Å². The summed E-state index contributed by atoms with van der Waals surface area (Å²) in [5.41, 5.74) is 14.6. The van der Waals surface area contributed by atoms with E-state index >= 15 is 0 Å². The first-order valence-corrected chi connectivity index (χ1v) is 11.2. The number of anilines is 1. The zero-order valence-electron chi connectivity index (χ0n) is 19.5. The van der Waals surface area contributed by atoms with Crippen molar-refractivity contribution in [2.45, 2.75) is 63.8 Å². The van der Waals surface area contributed by atoms with Crippen molar-refractivity contribution in [2.24, 2.45) is 10.9 Å². The van der Waals surface area contributed by atoms with Crippen LogP contribution in [0.15, 0.2) is 29.7 Å². The Labute approximate surface area is 194 Å². The molecule has 0 amide bonds. The molecule has 0 spiro atoms. The molecule has 178 valence electrons. The molecule has 0 bridgehead atoms. The lowest BCUT2D eigenvalue weighted by atomic mass is 9.70. The van der Waals surface area contributed by atoms with Crippen LogP contribution in [0.4, 0.5) is 5.82 Å². The van der Waals surface area contributed by atoms with Crippen molar-refractivity contribution in [1.82, 2.24) is 9.97 Å². The topological polar surface area (TPSA) is 146 Å². The van der Waals surface area contributed by atoms with Crippen LogP contribution in [0.3, 0.4) is 0 Å². The van der Waals surface area contributed by atoms with Crippen LogP contribution in [0.5, 0.6) is 5.75 Å². The van der Waals surface area contributed by atoms with Gasteiger partial charge in [0.25, 0.3) is 0 Å². The van der Waals surface area contributed by atoms with E-state index in [4.69, 9.17) is 16.3 Å². The molecule has 1 saturated carbocycles. The number of esters is 1. The minimum absolute atomic E-state index is 0.0774. The normalized spacial score (nSPS) is 17.9. The molecule has 1 aromatic heterocycles. The predicted molar refractivity (Wildman–Crippen MR) is 127 cm³/mol. The summed E-state index contributed by atoms with van der Waals surface area (Å²) in [5.74, 6) is 0.0856. The van der Waals surface area contributed by atoms with E-state index in [0.717, 1.165) is 11.1 Å². The summed E-state index contributed by atoms with van der Waals surface area (Å²) in [6, 6.07) is 5.49. The fourth-order valence-corrected chi connectivity index (χ4v) is 4.25. The van der Waals surface area contributed by atoms with Crippen LogP contribution in [-0.2, 0) is 19.8 Å². The van der Waals surface area contributed by atoms with Crippen LogP contribution < -0.4 is 11.5 Å². The van der Waals surface area contributed by atoms with Crippen LogP contribution in [0.25, 0.3) is 11.3 Å². The Hall–Kier alpha value is -3.20. The maximum atomic E-state index is 11.2. The first kappa shape index (κ1) is 24.4. The summed E-state index contributed by atoms with van der Waals surface area (Å²) >= 11 is 0. The molecule has 9 heteroatoms. The van der Waals surface area contributed by atoms with Crippen molar-refractivity contribution in [3.63, 3.8) is 0 Å². The molecular weight excluding hydrogens is 422 g/mol. The number of aromatic hydroxyl groups is 1. The van der Waals surface area contributed by atoms with Crippen molar-refractivity contribution >= 4 is 17.5 Å². The standard InChI is InChI=1S/C18H20N4O4.C6H13N/c1-18(2)14-15(20-9-21-17(14)19)11-5-4-10(23)8-12(11)16(18)22-26-7-6-13(24)25-3;7-6-4-2-1-3-5-6/h4-5,8-9,23H,6-7H2,1-3H3,(H2,19,20,21);6H,1-5,7H2/b22-16+;. The van der Waals surface area contributed by atoms with Crippen LogP contribution >= 0.6 is 0 Å². The van der Waals surface area contributed by atoms with Gasteiger partial charge < -0.3 is 26.1 Å². The summed E-state index contributed by atoms with van der Waals surface area (Å²) < 4.78 is 4.58. The van der Waals surface area contributed by atoms with Gasteiger partial charge in [-0.05, 0) is 44.9 Å². The monoisotopic (exact) mass is 455 g/mol. The number of oxime groups is 1. The number of nitrogens with zero attached hydrogens (tertiary/aromatic N) is 3. The van der Waals surface area contributed by atoms with Gasteiger partial charge in [-0.2, -0.15) is 0 Å². The molecular formula is C24H33N5O4. The average Bonchev–Trinajstić information content (AvgIpc) is 2.78. The van der Waals surface area contributed by atoms with Gasteiger partial charge in [-0.15, -0.1) is 0 Å². The number of nitrogens with two attached hydrogens (primary N) is 2. The number of phenolic OH excluding ortho intramolecular Hbond substituents is 1. The Balaban J connectivity index is 0.000000374. The van der Waals surface area contributed by atoms with Crippen molar-refractivity contribution in [3.8, 4) is 17.0 Å². The van der Waals surface area contributed by atoms with Crippen LogP contribution in [0.2, 0.25) is 0 Å². The Morgan fingerprint density at radius 1 is 1.21 bits per heavy atom. The Morgan fingerprint density at radius 2 is 1.94 bits per heavy atom. The second-order valence-electron chi connectivity index (χ2n) is 8.83. The summed E-state index contributed by atoms with van der Waals surface area (Å²) in [6.45, 7) is 3.94. The van der Waals surface area contributed by atoms with Crippen LogP contribution in [0.1, 0.15) is 63.5 Å². The van der Waals surface area contributed by atoms with Gasteiger partial charge in [0, 0.05) is 28.1 Å². The smallest absolute Gasteiger partial charge is 0.309 e. The Kier molecular flexibility index (Phi) is 7.86. The van der Waals surface area contributed by atoms with Gasteiger partial charge >= 0.3 is 5.97 Å². The van der Waals surface area contributed by atoms with E-state index in [9.17, 15) is 9.90 Å². The molecule has 1 heterocycles. The molecule has 1 aromatic carbocycles. The third-order valence-corrected chi connectivity index (χ3v) is 6.04. The van der Waals surface area contributed by atoms with Gasteiger partial charge in [-0.3, -0.25) is 4.79 Å². The number of hydrogen-bond donors (Lipinski definition) is 3. The number of benzene rings is 1. The van der Waals surface area contributed by atoms with E-state index in [-0.39, 0.29) is 24.7 Å². The van der Waals surface area contributed by atoms with Crippen LogP contribution in [0, 0.1) is 0 Å². The number of carbonyl (C=O) groups is 1. The maximum Gasteiger partial charge on any atom is 0.309 e.